The molecule has 0 atom stereocenters. The summed E-state index contributed by atoms with van der Waals surface area (Å²) in [6.45, 7) is 6.11. The number of benzene rings is 1. The van der Waals surface area contributed by atoms with E-state index < -0.39 is 0 Å². The van der Waals surface area contributed by atoms with Crippen molar-refractivity contribution in [2.75, 3.05) is 18.4 Å². The lowest BCUT2D eigenvalue weighted by atomic mass is 10.1. The summed E-state index contributed by atoms with van der Waals surface area (Å²) in [6.07, 6.45) is 4.47. The van der Waals surface area contributed by atoms with Crippen LogP contribution >= 0.6 is 0 Å². The number of rotatable bonds is 7. The normalized spacial score (nSPS) is 14.2. The van der Waals surface area contributed by atoms with E-state index in [9.17, 15) is 4.79 Å². The van der Waals surface area contributed by atoms with Crippen molar-refractivity contribution >= 4 is 11.6 Å². The third-order valence-electron chi connectivity index (χ3n) is 3.42. The zero-order chi connectivity index (χ0) is 13.7. The van der Waals surface area contributed by atoms with Gasteiger partial charge in [-0.2, -0.15) is 0 Å². The van der Waals surface area contributed by atoms with Gasteiger partial charge in [-0.1, -0.05) is 13.8 Å². The molecule has 104 valence electrons. The van der Waals surface area contributed by atoms with Crippen molar-refractivity contribution in [3.8, 4) is 0 Å². The lowest BCUT2D eigenvalue weighted by Gasteiger charge is -2.21. The van der Waals surface area contributed by atoms with Gasteiger partial charge in [-0.3, -0.25) is 4.79 Å². The number of nitrogens with one attached hydrogen (secondary N) is 1. The maximum Gasteiger partial charge on any atom is 0.254 e. The van der Waals surface area contributed by atoms with Crippen LogP contribution in [-0.4, -0.2) is 29.9 Å². The van der Waals surface area contributed by atoms with Crippen LogP contribution in [0.1, 0.15) is 49.9 Å². The van der Waals surface area contributed by atoms with Gasteiger partial charge >= 0.3 is 0 Å². The zero-order valence-electron chi connectivity index (χ0n) is 12.0. The lowest BCUT2D eigenvalue weighted by Crippen LogP contribution is -2.33. The van der Waals surface area contributed by atoms with Crippen LogP contribution in [0.3, 0.4) is 0 Å². The summed E-state index contributed by atoms with van der Waals surface area (Å²) in [4.78, 5) is 14.5. The molecular weight excluding hydrogens is 236 g/mol. The highest BCUT2D eigenvalue weighted by Crippen LogP contribution is 2.28. The summed E-state index contributed by atoms with van der Waals surface area (Å²) in [6, 6.07) is 8.36. The fraction of sp³-hybridized carbons (Fsp3) is 0.562. The van der Waals surface area contributed by atoms with E-state index in [-0.39, 0.29) is 5.91 Å². The van der Waals surface area contributed by atoms with E-state index in [1.807, 2.05) is 29.2 Å². The standard InChI is InChI=1S/C16H24N2O/c1-3-11-17-14-7-5-13(6-8-14)16(19)18(12-4-2)15-9-10-15/h5-8,15,17H,3-4,9-12H2,1-2H3. The lowest BCUT2D eigenvalue weighted by molar-refractivity contribution is 0.0743. The molecule has 1 amide bonds. The first-order valence-corrected chi connectivity index (χ1v) is 7.41. The number of nitrogens with zero attached hydrogens (tertiary/aromatic N) is 1. The molecule has 1 aromatic carbocycles. The van der Waals surface area contributed by atoms with Crippen molar-refractivity contribution in [3.05, 3.63) is 29.8 Å². The van der Waals surface area contributed by atoms with E-state index in [4.69, 9.17) is 0 Å². The molecule has 3 heteroatoms. The second-order valence-electron chi connectivity index (χ2n) is 5.23. The van der Waals surface area contributed by atoms with Crippen molar-refractivity contribution in [1.82, 2.24) is 4.90 Å². The number of hydrogen-bond donors (Lipinski definition) is 1. The summed E-state index contributed by atoms with van der Waals surface area (Å²) < 4.78 is 0. The molecule has 1 fully saturated rings. The van der Waals surface area contributed by atoms with Crippen LogP contribution in [0.15, 0.2) is 24.3 Å². The van der Waals surface area contributed by atoms with Gasteiger partial charge in [0, 0.05) is 30.4 Å². The van der Waals surface area contributed by atoms with Crippen molar-refractivity contribution in [2.24, 2.45) is 0 Å². The number of anilines is 1. The number of amides is 1. The minimum atomic E-state index is 0.186. The molecule has 0 heterocycles. The van der Waals surface area contributed by atoms with Gasteiger partial charge < -0.3 is 10.2 Å². The molecule has 1 N–H and O–H groups in total. The van der Waals surface area contributed by atoms with Crippen LogP contribution in [0, 0.1) is 0 Å². The highest BCUT2D eigenvalue weighted by Gasteiger charge is 2.32. The first-order valence-electron chi connectivity index (χ1n) is 7.41. The molecule has 0 aliphatic heterocycles. The van der Waals surface area contributed by atoms with E-state index in [1.165, 1.54) is 12.8 Å². The topological polar surface area (TPSA) is 32.3 Å². The SMILES string of the molecule is CCCNc1ccc(C(=O)N(CCC)C2CC2)cc1. The van der Waals surface area contributed by atoms with Gasteiger partial charge in [0.2, 0.25) is 0 Å². The molecule has 2 rings (SSSR count). The predicted octanol–water partition coefficient (Wildman–Crippen LogP) is 3.52. The summed E-state index contributed by atoms with van der Waals surface area (Å²) in [5.41, 5.74) is 1.90. The molecule has 0 saturated heterocycles. The van der Waals surface area contributed by atoms with Crippen LogP contribution in [-0.2, 0) is 0 Å². The monoisotopic (exact) mass is 260 g/mol. The quantitative estimate of drug-likeness (QED) is 0.813. The largest absolute Gasteiger partial charge is 0.385 e. The van der Waals surface area contributed by atoms with Crippen LogP contribution in [0.2, 0.25) is 0 Å². The third kappa shape index (κ3) is 3.72. The molecule has 0 aromatic heterocycles. The average Bonchev–Trinajstić information content (AvgIpc) is 3.27. The molecule has 3 nitrogen and oxygen atoms in total. The molecular formula is C16H24N2O. The molecule has 1 aliphatic rings. The Bertz CT molecular complexity index is 409. The Morgan fingerprint density at radius 1 is 1.21 bits per heavy atom. The van der Waals surface area contributed by atoms with Gasteiger partial charge in [-0.25, -0.2) is 0 Å². The molecule has 0 radical (unpaired) electrons. The molecule has 1 saturated carbocycles. The Morgan fingerprint density at radius 2 is 1.89 bits per heavy atom. The summed E-state index contributed by atoms with van der Waals surface area (Å²) in [5.74, 6) is 0.186. The summed E-state index contributed by atoms with van der Waals surface area (Å²) >= 11 is 0. The smallest absolute Gasteiger partial charge is 0.254 e. The Labute approximate surface area is 116 Å². The van der Waals surface area contributed by atoms with Crippen molar-refractivity contribution in [1.29, 1.82) is 0 Å². The van der Waals surface area contributed by atoms with Crippen LogP contribution in [0.4, 0.5) is 5.69 Å². The van der Waals surface area contributed by atoms with Crippen molar-refractivity contribution in [3.63, 3.8) is 0 Å². The minimum Gasteiger partial charge on any atom is -0.385 e. The molecule has 19 heavy (non-hydrogen) atoms. The van der Waals surface area contributed by atoms with Gasteiger partial charge in [0.15, 0.2) is 0 Å². The predicted molar refractivity (Wildman–Crippen MR) is 79.6 cm³/mol. The fourth-order valence-electron chi connectivity index (χ4n) is 2.24. The third-order valence-corrected chi connectivity index (χ3v) is 3.42. The van der Waals surface area contributed by atoms with Crippen molar-refractivity contribution in [2.45, 2.75) is 45.6 Å². The van der Waals surface area contributed by atoms with Crippen molar-refractivity contribution < 1.29 is 4.79 Å². The van der Waals surface area contributed by atoms with E-state index in [2.05, 4.69) is 19.2 Å². The van der Waals surface area contributed by atoms with Gasteiger partial charge in [-0.05, 0) is 49.9 Å². The van der Waals surface area contributed by atoms with Crippen LogP contribution in [0.5, 0.6) is 0 Å². The Hall–Kier alpha value is -1.51. The highest BCUT2D eigenvalue weighted by molar-refractivity contribution is 5.95. The fourth-order valence-corrected chi connectivity index (χ4v) is 2.24. The van der Waals surface area contributed by atoms with Gasteiger partial charge in [0.05, 0.1) is 0 Å². The first kappa shape index (κ1) is 13.9. The zero-order valence-corrected chi connectivity index (χ0v) is 12.0. The molecule has 0 unspecified atom stereocenters. The number of hydrogen-bond acceptors (Lipinski definition) is 2. The van der Waals surface area contributed by atoms with E-state index in [0.717, 1.165) is 37.2 Å². The van der Waals surface area contributed by atoms with E-state index in [0.29, 0.717) is 6.04 Å². The van der Waals surface area contributed by atoms with Crippen LogP contribution in [0.25, 0.3) is 0 Å². The molecule has 0 bridgehead atoms. The maximum atomic E-state index is 12.4. The molecule has 1 aromatic rings. The summed E-state index contributed by atoms with van der Waals surface area (Å²) in [7, 11) is 0. The van der Waals surface area contributed by atoms with Crippen LogP contribution < -0.4 is 5.32 Å². The van der Waals surface area contributed by atoms with E-state index >= 15 is 0 Å². The summed E-state index contributed by atoms with van der Waals surface area (Å²) in [5, 5.41) is 3.33. The Morgan fingerprint density at radius 3 is 2.42 bits per heavy atom. The average molecular weight is 260 g/mol. The second kappa shape index (κ2) is 6.60. The highest BCUT2D eigenvalue weighted by atomic mass is 16.2. The van der Waals surface area contributed by atoms with E-state index in [1.54, 1.807) is 0 Å². The number of carbonyl (C=O) groups is 1. The first-order chi connectivity index (χ1) is 9.26. The van der Waals surface area contributed by atoms with Gasteiger partial charge in [-0.15, -0.1) is 0 Å². The van der Waals surface area contributed by atoms with Gasteiger partial charge in [0.25, 0.3) is 5.91 Å². The second-order valence-corrected chi connectivity index (χ2v) is 5.23. The van der Waals surface area contributed by atoms with Gasteiger partial charge in [0.1, 0.15) is 0 Å². The Balaban J connectivity index is 2.01. The minimum absolute atomic E-state index is 0.186. The Kier molecular flexibility index (Phi) is 4.83. The molecule has 0 spiro atoms. The number of carbonyl (C=O) groups excluding carboxylic acids is 1. The molecule has 1 aliphatic carbocycles. The maximum absolute atomic E-state index is 12.4.